The molecule has 0 heterocycles. The van der Waals surface area contributed by atoms with Crippen LogP contribution in [0.4, 0.5) is 0 Å². The summed E-state index contributed by atoms with van der Waals surface area (Å²) in [5.74, 6) is 0.513. The monoisotopic (exact) mass is 318 g/mol. The van der Waals surface area contributed by atoms with Gasteiger partial charge in [0, 0.05) is 0 Å². The summed E-state index contributed by atoms with van der Waals surface area (Å²) < 4.78 is 5.79. The van der Waals surface area contributed by atoms with Crippen LogP contribution in [0.25, 0.3) is 11.1 Å². The van der Waals surface area contributed by atoms with Crippen molar-refractivity contribution in [3.05, 3.63) is 83.4 Å². The minimum absolute atomic E-state index is 0.0420. The minimum atomic E-state index is -0.0420. The van der Waals surface area contributed by atoms with Crippen LogP contribution in [0.5, 0.6) is 11.5 Å². The molecule has 0 aliphatic heterocycles. The fraction of sp³-hybridized carbons (Fsp3) is 0.0952. The van der Waals surface area contributed by atoms with Gasteiger partial charge in [0.15, 0.2) is 6.29 Å². The molecule has 0 spiro atoms. The topological polar surface area (TPSA) is 46.5 Å². The Morgan fingerprint density at radius 3 is 2.54 bits per heavy atom. The Labute approximate surface area is 141 Å². The van der Waals surface area contributed by atoms with Crippen LogP contribution < -0.4 is 4.74 Å². The van der Waals surface area contributed by atoms with Crippen molar-refractivity contribution in [2.24, 2.45) is 0 Å². The van der Waals surface area contributed by atoms with Crippen molar-refractivity contribution in [2.75, 3.05) is 0 Å². The van der Waals surface area contributed by atoms with E-state index in [9.17, 15) is 9.90 Å². The van der Waals surface area contributed by atoms with Crippen molar-refractivity contribution < 1.29 is 14.6 Å². The van der Waals surface area contributed by atoms with E-state index >= 15 is 0 Å². The van der Waals surface area contributed by atoms with Gasteiger partial charge in [0.2, 0.25) is 0 Å². The molecule has 3 heteroatoms. The van der Waals surface area contributed by atoms with Gasteiger partial charge in [-0.2, -0.15) is 0 Å². The third kappa shape index (κ3) is 3.30. The van der Waals surface area contributed by atoms with Crippen LogP contribution in [0, 0.1) is 6.92 Å². The first-order valence-corrected chi connectivity index (χ1v) is 7.74. The lowest BCUT2D eigenvalue weighted by Crippen LogP contribution is -1.99. The summed E-state index contributed by atoms with van der Waals surface area (Å²) in [7, 11) is 0. The number of hydrogen-bond donors (Lipinski definition) is 1. The SMILES string of the molecule is Cc1c(COc2ccc(O)c(C=O)c2)cccc1-c1ccccc1. The first-order chi connectivity index (χ1) is 11.7. The first kappa shape index (κ1) is 15.8. The van der Waals surface area contributed by atoms with Gasteiger partial charge in [0.05, 0.1) is 5.56 Å². The molecule has 0 saturated carbocycles. The first-order valence-electron chi connectivity index (χ1n) is 7.74. The van der Waals surface area contributed by atoms with Crippen LogP contribution in [-0.4, -0.2) is 11.4 Å². The van der Waals surface area contributed by atoms with Crippen LogP contribution >= 0.6 is 0 Å². The van der Waals surface area contributed by atoms with E-state index in [0.29, 0.717) is 18.6 Å². The standard InChI is InChI=1S/C21H18O3/c1-15-17(8-5-9-20(15)16-6-3-2-4-7-16)14-24-19-10-11-21(23)18(12-19)13-22/h2-13,23H,14H2,1H3. The molecule has 3 aromatic rings. The molecule has 0 aliphatic carbocycles. The van der Waals surface area contributed by atoms with Crippen molar-refractivity contribution in [1.82, 2.24) is 0 Å². The highest BCUT2D eigenvalue weighted by molar-refractivity contribution is 5.79. The molecule has 120 valence electrons. The van der Waals surface area contributed by atoms with Gasteiger partial charge in [-0.15, -0.1) is 0 Å². The van der Waals surface area contributed by atoms with Crippen LogP contribution in [0.15, 0.2) is 66.7 Å². The van der Waals surface area contributed by atoms with E-state index in [1.807, 2.05) is 30.3 Å². The summed E-state index contributed by atoms with van der Waals surface area (Å²) in [5, 5.41) is 9.54. The van der Waals surface area contributed by atoms with E-state index < -0.39 is 0 Å². The molecule has 24 heavy (non-hydrogen) atoms. The van der Waals surface area contributed by atoms with Crippen LogP contribution in [0.3, 0.4) is 0 Å². The van der Waals surface area contributed by atoms with E-state index in [2.05, 4.69) is 25.1 Å². The number of carbonyl (C=O) groups excluding carboxylic acids is 1. The minimum Gasteiger partial charge on any atom is -0.507 e. The molecule has 0 fully saturated rings. The van der Waals surface area contributed by atoms with Crippen molar-refractivity contribution in [2.45, 2.75) is 13.5 Å². The Bertz CT molecular complexity index is 854. The second-order valence-corrected chi connectivity index (χ2v) is 5.58. The molecule has 0 amide bonds. The van der Waals surface area contributed by atoms with Gasteiger partial charge >= 0.3 is 0 Å². The maximum absolute atomic E-state index is 10.9. The molecule has 0 atom stereocenters. The van der Waals surface area contributed by atoms with Crippen molar-refractivity contribution in [1.29, 1.82) is 0 Å². The summed E-state index contributed by atoms with van der Waals surface area (Å²) >= 11 is 0. The number of aldehydes is 1. The molecule has 3 aromatic carbocycles. The summed E-state index contributed by atoms with van der Waals surface area (Å²) in [6, 6.07) is 21.0. The van der Waals surface area contributed by atoms with Gasteiger partial charge in [0.25, 0.3) is 0 Å². The van der Waals surface area contributed by atoms with Gasteiger partial charge in [-0.25, -0.2) is 0 Å². The number of phenolic OH excluding ortho intramolecular Hbond substituents is 1. The summed E-state index contributed by atoms with van der Waals surface area (Å²) in [6.45, 7) is 2.48. The van der Waals surface area contributed by atoms with Crippen molar-refractivity contribution >= 4 is 6.29 Å². The van der Waals surface area contributed by atoms with Crippen molar-refractivity contribution in [3.63, 3.8) is 0 Å². The highest BCUT2D eigenvalue weighted by Gasteiger charge is 2.08. The Hall–Kier alpha value is -3.07. The van der Waals surface area contributed by atoms with E-state index in [1.165, 1.54) is 17.2 Å². The lowest BCUT2D eigenvalue weighted by atomic mass is 9.97. The fourth-order valence-electron chi connectivity index (χ4n) is 2.65. The number of phenols is 1. The molecule has 3 nitrogen and oxygen atoms in total. The molecule has 0 radical (unpaired) electrons. The molecule has 0 saturated heterocycles. The number of aromatic hydroxyl groups is 1. The lowest BCUT2D eigenvalue weighted by molar-refractivity contribution is 0.112. The Morgan fingerprint density at radius 2 is 1.79 bits per heavy atom. The largest absolute Gasteiger partial charge is 0.507 e. The molecule has 0 unspecified atom stereocenters. The quantitative estimate of drug-likeness (QED) is 0.690. The highest BCUT2D eigenvalue weighted by atomic mass is 16.5. The van der Waals surface area contributed by atoms with E-state index in [4.69, 9.17) is 4.74 Å². The normalized spacial score (nSPS) is 10.4. The second kappa shape index (κ2) is 7.01. The third-order valence-corrected chi connectivity index (χ3v) is 4.05. The summed E-state index contributed by atoms with van der Waals surface area (Å²) in [4.78, 5) is 10.9. The van der Waals surface area contributed by atoms with Gasteiger partial charge in [-0.1, -0.05) is 48.5 Å². The summed E-state index contributed by atoms with van der Waals surface area (Å²) in [5.41, 5.74) is 4.82. The fourth-order valence-corrected chi connectivity index (χ4v) is 2.65. The summed E-state index contributed by atoms with van der Waals surface area (Å²) in [6.07, 6.45) is 0.615. The number of rotatable bonds is 5. The van der Waals surface area contributed by atoms with Crippen molar-refractivity contribution in [3.8, 4) is 22.6 Å². The highest BCUT2D eigenvalue weighted by Crippen LogP contribution is 2.27. The third-order valence-electron chi connectivity index (χ3n) is 4.05. The number of ether oxygens (including phenoxy) is 1. The van der Waals surface area contributed by atoms with E-state index in [0.717, 1.165) is 11.1 Å². The zero-order chi connectivity index (χ0) is 16.9. The Kier molecular flexibility index (Phi) is 4.62. The van der Waals surface area contributed by atoms with Crippen LogP contribution in [-0.2, 0) is 6.61 Å². The van der Waals surface area contributed by atoms with Gasteiger partial charge in [-0.3, -0.25) is 4.79 Å². The maximum atomic E-state index is 10.9. The predicted molar refractivity (Wildman–Crippen MR) is 94.4 cm³/mol. The van der Waals surface area contributed by atoms with Crippen LogP contribution in [0.2, 0.25) is 0 Å². The number of carbonyl (C=O) groups is 1. The Balaban J connectivity index is 1.82. The number of hydrogen-bond acceptors (Lipinski definition) is 3. The lowest BCUT2D eigenvalue weighted by Gasteiger charge is -2.13. The molecular formula is C21H18O3. The smallest absolute Gasteiger partial charge is 0.153 e. The number of benzene rings is 3. The maximum Gasteiger partial charge on any atom is 0.153 e. The van der Waals surface area contributed by atoms with Gasteiger partial charge in [0.1, 0.15) is 18.1 Å². The second-order valence-electron chi connectivity index (χ2n) is 5.58. The van der Waals surface area contributed by atoms with Gasteiger partial charge < -0.3 is 9.84 Å². The van der Waals surface area contributed by atoms with E-state index in [-0.39, 0.29) is 11.3 Å². The molecular weight excluding hydrogens is 300 g/mol. The van der Waals surface area contributed by atoms with Gasteiger partial charge in [-0.05, 0) is 47.4 Å². The van der Waals surface area contributed by atoms with E-state index in [1.54, 1.807) is 12.1 Å². The molecule has 0 aromatic heterocycles. The average Bonchev–Trinajstić information content (AvgIpc) is 2.62. The zero-order valence-corrected chi connectivity index (χ0v) is 13.4. The molecule has 0 aliphatic rings. The van der Waals surface area contributed by atoms with Crippen LogP contribution in [0.1, 0.15) is 21.5 Å². The molecule has 0 bridgehead atoms. The molecule has 3 rings (SSSR count). The predicted octanol–water partition coefficient (Wildman–Crippen LogP) is 4.76. The molecule has 1 N–H and O–H groups in total. The Morgan fingerprint density at radius 1 is 1.00 bits per heavy atom. The average molecular weight is 318 g/mol. The zero-order valence-electron chi connectivity index (χ0n) is 13.4.